The Bertz CT molecular complexity index is 376. The predicted molar refractivity (Wildman–Crippen MR) is 43.6 cm³/mol. The number of nitrogens with zero attached hydrogens (tertiary/aromatic N) is 1. The Hall–Kier alpha value is -1.11. The summed E-state index contributed by atoms with van der Waals surface area (Å²) in [5.41, 5.74) is 2.48. The number of hydrogen-bond acceptors (Lipinski definition) is 2. The molecule has 1 aromatic rings. The molecule has 8 heteroatoms. The zero-order chi connectivity index (χ0) is 11.8. The summed E-state index contributed by atoms with van der Waals surface area (Å²) < 4.78 is 61.2. The molecule has 1 aromatic heterocycles. The summed E-state index contributed by atoms with van der Waals surface area (Å²) in [5.74, 6) is -0.706. The molecular formula is C7H4ClF5N2. The van der Waals surface area contributed by atoms with Crippen molar-refractivity contribution in [2.75, 3.05) is 5.73 Å². The first-order valence-corrected chi connectivity index (χ1v) is 3.92. The van der Waals surface area contributed by atoms with Gasteiger partial charge in [0.25, 0.3) is 6.43 Å². The van der Waals surface area contributed by atoms with Gasteiger partial charge in [0.05, 0.1) is 16.1 Å². The minimum absolute atomic E-state index is 0.323. The van der Waals surface area contributed by atoms with Gasteiger partial charge in [0.1, 0.15) is 5.82 Å². The zero-order valence-corrected chi connectivity index (χ0v) is 7.70. The van der Waals surface area contributed by atoms with Gasteiger partial charge in [-0.15, -0.1) is 0 Å². The Morgan fingerprint density at radius 3 is 2.27 bits per heavy atom. The molecule has 0 aliphatic carbocycles. The Labute approximate surface area is 85.9 Å². The van der Waals surface area contributed by atoms with E-state index in [2.05, 4.69) is 4.98 Å². The van der Waals surface area contributed by atoms with E-state index in [-0.39, 0.29) is 0 Å². The molecule has 0 aromatic carbocycles. The van der Waals surface area contributed by atoms with Crippen LogP contribution >= 0.6 is 11.6 Å². The molecule has 1 heterocycles. The van der Waals surface area contributed by atoms with Gasteiger partial charge in [0, 0.05) is 6.20 Å². The van der Waals surface area contributed by atoms with Gasteiger partial charge in [-0.05, 0) is 0 Å². The molecule has 2 nitrogen and oxygen atoms in total. The fourth-order valence-corrected chi connectivity index (χ4v) is 1.26. The van der Waals surface area contributed by atoms with Crippen LogP contribution in [0.2, 0.25) is 5.02 Å². The van der Waals surface area contributed by atoms with E-state index in [1.54, 1.807) is 0 Å². The average Bonchev–Trinajstić information content (AvgIpc) is 2.00. The Balaban J connectivity index is 3.42. The largest absolute Gasteiger partial charge is 0.419 e. The number of hydrogen-bond donors (Lipinski definition) is 1. The highest BCUT2D eigenvalue weighted by atomic mass is 35.5. The van der Waals surface area contributed by atoms with Crippen molar-refractivity contribution in [3.05, 3.63) is 22.3 Å². The summed E-state index contributed by atoms with van der Waals surface area (Å²) >= 11 is 5.17. The van der Waals surface area contributed by atoms with Gasteiger partial charge in [-0.25, -0.2) is 13.8 Å². The molecule has 0 fully saturated rings. The molecule has 0 amide bonds. The van der Waals surface area contributed by atoms with Gasteiger partial charge >= 0.3 is 6.18 Å². The number of anilines is 1. The molecule has 0 spiro atoms. The highest BCUT2D eigenvalue weighted by molar-refractivity contribution is 6.32. The minimum atomic E-state index is -4.83. The molecule has 0 bridgehead atoms. The quantitative estimate of drug-likeness (QED) is 0.773. The van der Waals surface area contributed by atoms with E-state index < -0.39 is 34.6 Å². The van der Waals surface area contributed by atoms with E-state index in [1.165, 1.54) is 0 Å². The third kappa shape index (κ3) is 2.28. The number of nitrogen functional groups attached to an aromatic ring is 1. The van der Waals surface area contributed by atoms with Crippen LogP contribution in [0.4, 0.5) is 27.8 Å². The van der Waals surface area contributed by atoms with Gasteiger partial charge in [-0.2, -0.15) is 13.2 Å². The maximum absolute atomic E-state index is 12.3. The van der Waals surface area contributed by atoms with Crippen LogP contribution in [-0.2, 0) is 6.18 Å². The molecule has 0 aliphatic heterocycles. The van der Waals surface area contributed by atoms with E-state index in [9.17, 15) is 22.0 Å². The van der Waals surface area contributed by atoms with Gasteiger partial charge in [0.15, 0.2) is 0 Å². The molecule has 0 atom stereocenters. The second-order valence-corrected chi connectivity index (χ2v) is 2.96. The molecule has 0 radical (unpaired) electrons. The fraction of sp³-hybridized carbons (Fsp3) is 0.286. The summed E-state index contributed by atoms with van der Waals surface area (Å²) in [6.45, 7) is 0. The lowest BCUT2D eigenvalue weighted by Gasteiger charge is -2.12. The zero-order valence-electron chi connectivity index (χ0n) is 6.95. The summed E-state index contributed by atoms with van der Waals surface area (Å²) in [5, 5.41) is -1.11. The van der Waals surface area contributed by atoms with Gasteiger partial charge in [-0.1, -0.05) is 11.6 Å². The second-order valence-electron chi connectivity index (χ2n) is 2.58. The van der Waals surface area contributed by atoms with Crippen molar-refractivity contribution in [3.63, 3.8) is 0 Å². The molecule has 2 N–H and O–H groups in total. The Kier molecular flexibility index (Phi) is 3.03. The molecule has 1 rings (SSSR count). The van der Waals surface area contributed by atoms with Crippen molar-refractivity contribution < 1.29 is 22.0 Å². The van der Waals surface area contributed by atoms with Gasteiger partial charge in [0.2, 0.25) is 0 Å². The van der Waals surface area contributed by atoms with Crippen LogP contribution in [0.15, 0.2) is 6.20 Å². The number of pyridine rings is 1. The maximum atomic E-state index is 12.3. The van der Waals surface area contributed by atoms with Crippen LogP contribution in [0, 0.1) is 0 Å². The Morgan fingerprint density at radius 2 is 1.87 bits per heavy atom. The average molecular weight is 247 g/mol. The van der Waals surface area contributed by atoms with Crippen molar-refractivity contribution >= 4 is 17.4 Å². The van der Waals surface area contributed by atoms with E-state index in [0.29, 0.717) is 6.20 Å². The normalized spacial score (nSPS) is 12.2. The molecule has 84 valence electrons. The first kappa shape index (κ1) is 12.0. The molecule has 0 saturated carbocycles. The smallest absolute Gasteiger partial charge is 0.383 e. The highest BCUT2D eigenvalue weighted by Gasteiger charge is 2.36. The van der Waals surface area contributed by atoms with E-state index in [1.807, 2.05) is 0 Å². The third-order valence-electron chi connectivity index (χ3n) is 1.61. The van der Waals surface area contributed by atoms with Crippen molar-refractivity contribution in [3.8, 4) is 0 Å². The molecule has 15 heavy (non-hydrogen) atoms. The summed E-state index contributed by atoms with van der Waals surface area (Å²) in [7, 11) is 0. The highest BCUT2D eigenvalue weighted by Crippen LogP contribution is 2.40. The number of aromatic nitrogens is 1. The van der Waals surface area contributed by atoms with Crippen LogP contribution in [0.1, 0.15) is 17.6 Å². The number of alkyl halides is 5. The molecule has 0 aliphatic rings. The standard InChI is InChI=1S/C7H4ClF5N2/c8-4-2(7(11,12)13)1-15-6(14)3(4)5(9)10/h1,5H,(H2,14,15). The van der Waals surface area contributed by atoms with Crippen LogP contribution in [0.25, 0.3) is 0 Å². The topological polar surface area (TPSA) is 38.9 Å². The third-order valence-corrected chi connectivity index (χ3v) is 2.01. The number of halogens is 6. The van der Waals surface area contributed by atoms with Gasteiger partial charge < -0.3 is 5.73 Å². The number of rotatable bonds is 1. The molecular weight excluding hydrogens is 243 g/mol. The van der Waals surface area contributed by atoms with Crippen molar-refractivity contribution in [2.45, 2.75) is 12.6 Å². The lowest BCUT2D eigenvalue weighted by Crippen LogP contribution is -2.10. The molecule has 0 unspecified atom stereocenters. The summed E-state index contributed by atoms with van der Waals surface area (Å²) in [4.78, 5) is 3.02. The maximum Gasteiger partial charge on any atom is 0.419 e. The Morgan fingerprint density at radius 1 is 1.33 bits per heavy atom. The van der Waals surface area contributed by atoms with Crippen molar-refractivity contribution in [2.24, 2.45) is 0 Å². The first-order chi connectivity index (χ1) is 6.75. The van der Waals surface area contributed by atoms with Crippen LogP contribution in [0.3, 0.4) is 0 Å². The summed E-state index contributed by atoms with van der Waals surface area (Å²) in [6, 6.07) is 0. The van der Waals surface area contributed by atoms with E-state index >= 15 is 0 Å². The minimum Gasteiger partial charge on any atom is -0.383 e. The number of nitrogens with two attached hydrogens (primary N) is 1. The lowest BCUT2D eigenvalue weighted by atomic mass is 10.2. The van der Waals surface area contributed by atoms with Crippen LogP contribution in [0.5, 0.6) is 0 Å². The predicted octanol–water partition coefficient (Wildman–Crippen LogP) is 3.27. The molecule has 0 saturated heterocycles. The first-order valence-electron chi connectivity index (χ1n) is 3.54. The fourth-order valence-electron chi connectivity index (χ4n) is 0.923. The second kappa shape index (κ2) is 3.80. The van der Waals surface area contributed by atoms with Crippen LogP contribution in [-0.4, -0.2) is 4.98 Å². The SMILES string of the molecule is Nc1ncc(C(F)(F)F)c(Cl)c1C(F)F. The van der Waals surface area contributed by atoms with E-state index in [4.69, 9.17) is 17.3 Å². The van der Waals surface area contributed by atoms with Gasteiger partial charge in [-0.3, -0.25) is 0 Å². The van der Waals surface area contributed by atoms with Crippen molar-refractivity contribution in [1.82, 2.24) is 4.98 Å². The van der Waals surface area contributed by atoms with E-state index in [0.717, 1.165) is 0 Å². The van der Waals surface area contributed by atoms with Crippen molar-refractivity contribution in [1.29, 1.82) is 0 Å². The monoisotopic (exact) mass is 246 g/mol. The van der Waals surface area contributed by atoms with Crippen LogP contribution < -0.4 is 5.73 Å². The summed E-state index contributed by atoms with van der Waals surface area (Å²) in [6.07, 6.45) is -7.71. The lowest BCUT2D eigenvalue weighted by molar-refractivity contribution is -0.137.